The molecule has 0 spiro atoms. The minimum atomic E-state index is 1.07. The average molecular weight is 697 g/mol. The molecule has 54 heavy (non-hydrogen) atoms. The van der Waals surface area contributed by atoms with Crippen LogP contribution in [0.15, 0.2) is 183 Å². The van der Waals surface area contributed by atoms with Crippen LogP contribution in [-0.4, -0.2) is 0 Å². The van der Waals surface area contributed by atoms with Crippen molar-refractivity contribution >= 4 is 72.5 Å². The number of rotatable bonds is 11. The fourth-order valence-corrected chi connectivity index (χ4v) is 8.30. The van der Waals surface area contributed by atoms with E-state index in [4.69, 9.17) is 0 Å². The Kier molecular flexibility index (Phi) is 9.25. The monoisotopic (exact) mass is 696 g/mol. The van der Waals surface area contributed by atoms with Crippen LogP contribution in [0.25, 0.3) is 38.4 Å². The van der Waals surface area contributed by atoms with Gasteiger partial charge in [0, 0.05) is 33.5 Å². The van der Waals surface area contributed by atoms with Crippen LogP contribution in [0, 0.1) is 0 Å². The van der Waals surface area contributed by atoms with E-state index in [0.29, 0.717) is 0 Å². The van der Waals surface area contributed by atoms with Gasteiger partial charge in [0.1, 0.15) is 0 Å². The summed E-state index contributed by atoms with van der Waals surface area (Å²) >= 11 is 0. The molecule has 1 aliphatic carbocycles. The third-order valence-electron chi connectivity index (χ3n) is 10.9. The zero-order chi connectivity index (χ0) is 36.3. The van der Waals surface area contributed by atoms with Crippen LogP contribution in [0.3, 0.4) is 0 Å². The lowest BCUT2D eigenvalue weighted by Crippen LogP contribution is -2.12. The van der Waals surface area contributed by atoms with Gasteiger partial charge in [0.25, 0.3) is 0 Å². The second kappa shape index (κ2) is 14.9. The van der Waals surface area contributed by atoms with Gasteiger partial charge in [0.2, 0.25) is 0 Å². The largest absolute Gasteiger partial charge is 0.310 e. The molecule has 0 aromatic heterocycles. The molecule has 0 saturated heterocycles. The standard InChI is InChI=1S/C52H44N2/c1-2-3-4-7-18-38-29-32-44(33-30-38)53(42-21-8-5-9-22-42)50-36-41-37-51(47-26-15-17-28-49(47)52(41)48-27-16-14-25-46(48)50)54(43-23-10-6-11-24-43)45-34-31-39-19-12-13-20-40(39)35-45/h2,5-6,8-11,13-17,20-37H,1,3-4,7,12,18-19H2. The van der Waals surface area contributed by atoms with Crippen LogP contribution in [0.2, 0.25) is 0 Å². The van der Waals surface area contributed by atoms with Crippen LogP contribution >= 0.6 is 0 Å². The number of hydrogen-bond donors (Lipinski definition) is 0. The van der Waals surface area contributed by atoms with Gasteiger partial charge in [-0.2, -0.15) is 0 Å². The van der Waals surface area contributed by atoms with Gasteiger partial charge in [-0.05, 0) is 137 Å². The van der Waals surface area contributed by atoms with E-state index in [0.717, 1.165) is 59.8 Å². The van der Waals surface area contributed by atoms with E-state index in [9.17, 15) is 0 Å². The molecule has 0 aliphatic heterocycles. The minimum absolute atomic E-state index is 1.07. The number of para-hydroxylation sites is 2. The molecule has 0 bridgehead atoms. The predicted octanol–water partition coefficient (Wildman–Crippen LogP) is 14.9. The number of allylic oxidation sites excluding steroid dienone is 2. The molecule has 0 atom stereocenters. The fourth-order valence-electron chi connectivity index (χ4n) is 8.30. The maximum absolute atomic E-state index is 3.89. The Hall–Kier alpha value is -6.38. The van der Waals surface area contributed by atoms with Crippen molar-refractivity contribution in [2.75, 3.05) is 9.80 Å². The highest BCUT2D eigenvalue weighted by Crippen LogP contribution is 2.48. The maximum Gasteiger partial charge on any atom is 0.0546 e. The lowest BCUT2D eigenvalue weighted by Gasteiger charge is -2.30. The van der Waals surface area contributed by atoms with Crippen molar-refractivity contribution in [1.29, 1.82) is 0 Å². The molecular formula is C52H44N2. The first-order chi connectivity index (χ1) is 26.8. The molecule has 8 aromatic carbocycles. The predicted molar refractivity (Wildman–Crippen MR) is 233 cm³/mol. The molecule has 0 N–H and O–H groups in total. The van der Waals surface area contributed by atoms with Crippen LogP contribution in [-0.2, 0) is 12.8 Å². The van der Waals surface area contributed by atoms with Gasteiger partial charge in [-0.25, -0.2) is 0 Å². The number of fused-ring (bicyclic) bond motifs is 6. The number of anilines is 6. The number of benzene rings is 8. The van der Waals surface area contributed by atoms with E-state index in [1.807, 2.05) is 6.08 Å². The highest BCUT2D eigenvalue weighted by molar-refractivity contribution is 6.26. The quantitative estimate of drug-likeness (QED) is 0.0754. The second-order valence-electron chi connectivity index (χ2n) is 14.3. The van der Waals surface area contributed by atoms with E-state index in [2.05, 4.69) is 192 Å². The zero-order valence-electron chi connectivity index (χ0n) is 30.7. The smallest absolute Gasteiger partial charge is 0.0546 e. The molecule has 0 heterocycles. The lowest BCUT2D eigenvalue weighted by atomic mass is 9.92. The first-order valence-corrected chi connectivity index (χ1v) is 19.3. The molecule has 2 heteroatoms. The summed E-state index contributed by atoms with van der Waals surface area (Å²) in [5.74, 6) is 0. The van der Waals surface area contributed by atoms with Crippen molar-refractivity contribution in [3.8, 4) is 0 Å². The molecule has 0 fully saturated rings. The molecule has 0 radical (unpaired) electrons. The minimum Gasteiger partial charge on any atom is -0.310 e. The molecule has 0 unspecified atom stereocenters. The third-order valence-corrected chi connectivity index (χ3v) is 10.9. The Morgan fingerprint density at radius 2 is 1.06 bits per heavy atom. The molecule has 9 rings (SSSR count). The van der Waals surface area contributed by atoms with Crippen molar-refractivity contribution in [3.05, 3.63) is 199 Å². The molecular weight excluding hydrogens is 653 g/mol. The van der Waals surface area contributed by atoms with Crippen molar-refractivity contribution in [2.45, 2.75) is 38.5 Å². The molecule has 0 saturated carbocycles. The number of hydrogen-bond acceptors (Lipinski definition) is 2. The van der Waals surface area contributed by atoms with E-state index in [-0.39, 0.29) is 0 Å². The van der Waals surface area contributed by atoms with Crippen LogP contribution in [0.4, 0.5) is 34.1 Å². The topological polar surface area (TPSA) is 6.48 Å². The molecule has 1 aliphatic rings. The van der Waals surface area contributed by atoms with Crippen LogP contribution in [0.5, 0.6) is 0 Å². The summed E-state index contributed by atoms with van der Waals surface area (Å²) in [6.45, 7) is 3.89. The molecule has 8 aromatic rings. The van der Waals surface area contributed by atoms with Gasteiger partial charge in [-0.3, -0.25) is 0 Å². The van der Waals surface area contributed by atoms with Gasteiger partial charge in [0.05, 0.1) is 11.4 Å². The normalized spacial score (nSPS) is 12.2. The van der Waals surface area contributed by atoms with Crippen LogP contribution in [0.1, 0.15) is 42.4 Å². The highest BCUT2D eigenvalue weighted by atomic mass is 15.2. The Balaban J connectivity index is 1.28. The Labute approximate surface area is 318 Å². The first-order valence-electron chi connectivity index (χ1n) is 19.3. The van der Waals surface area contributed by atoms with E-state index in [1.54, 1.807) is 0 Å². The highest BCUT2D eigenvalue weighted by Gasteiger charge is 2.22. The van der Waals surface area contributed by atoms with E-state index in [1.165, 1.54) is 61.8 Å². The zero-order valence-corrected chi connectivity index (χ0v) is 30.7. The summed E-state index contributed by atoms with van der Waals surface area (Å²) in [6, 6.07) is 60.5. The fraction of sp³-hybridized carbons (Fsp3) is 0.115. The summed E-state index contributed by atoms with van der Waals surface area (Å²) < 4.78 is 0. The second-order valence-corrected chi connectivity index (χ2v) is 14.3. The SMILES string of the molecule is C=CCCCCc1ccc(N(c2ccccc2)c2cc3cc(N(c4ccccc4)c4ccc5c(c4)C=CCC5)c4ccccc4c3c3ccccc23)cc1. The van der Waals surface area contributed by atoms with Gasteiger partial charge in [0.15, 0.2) is 0 Å². The van der Waals surface area contributed by atoms with Gasteiger partial charge >= 0.3 is 0 Å². The summed E-state index contributed by atoms with van der Waals surface area (Å²) in [4.78, 5) is 4.88. The molecule has 0 amide bonds. The Bertz CT molecular complexity index is 2620. The summed E-state index contributed by atoms with van der Waals surface area (Å²) in [7, 11) is 0. The first kappa shape index (κ1) is 33.5. The van der Waals surface area contributed by atoms with E-state index < -0.39 is 0 Å². The third kappa shape index (κ3) is 6.35. The number of nitrogens with zero attached hydrogens (tertiary/aromatic N) is 2. The maximum atomic E-state index is 3.89. The Morgan fingerprint density at radius 1 is 0.519 bits per heavy atom. The van der Waals surface area contributed by atoms with Crippen LogP contribution < -0.4 is 9.80 Å². The van der Waals surface area contributed by atoms with Crippen molar-refractivity contribution in [1.82, 2.24) is 0 Å². The van der Waals surface area contributed by atoms with Gasteiger partial charge in [-0.1, -0.05) is 121 Å². The van der Waals surface area contributed by atoms with Crippen molar-refractivity contribution in [2.24, 2.45) is 0 Å². The average Bonchev–Trinajstić information content (AvgIpc) is 3.24. The summed E-state index contributed by atoms with van der Waals surface area (Å²) in [6.07, 6.45) is 13.3. The lowest BCUT2D eigenvalue weighted by molar-refractivity contribution is 0.748. The van der Waals surface area contributed by atoms with Gasteiger partial charge < -0.3 is 9.80 Å². The molecule has 262 valence electrons. The molecule has 2 nitrogen and oxygen atoms in total. The Morgan fingerprint density at radius 3 is 1.67 bits per heavy atom. The summed E-state index contributed by atoms with van der Waals surface area (Å²) in [5, 5.41) is 7.43. The van der Waals surface area contributed by atoms with Gasteiger partial charge in [-0.15, -0.1) is 6.58 Å². The van der Waals surface area contributed by atoms with Crippen molar-refractivity contribution < 1.29 is 0 Å². The van der Waals surface area contributed by atoms with E-state index >= 15 is 0 Å². The number of aryl methyl sites for hydroxylation is 2. The van der Waals surface area contributed by atoms with Crippen molar-refractivity contribution in [3.63, 3.8) is 0 Å². The number of unbranched alkanes of at least 4 members (excludes halogenated alkanes) is 2. The summed E-state index contributed by atoms with van der Waals surface area (Å²) in [5.41, 5.74) is 11.0.